The Balaban J connectivity index is 0.000000156. The van der Waals surface area contributed by atoms with Crippen LogP contribution in [0, 0.1) is 46.9 Å². The molecule has 0 spiro atoms. The number of ether oxygens (including phenoxy) is 6. The topological polar surface area (TPSA) is 129 Å². The molecule has 16 aromatic rings. The Hall–Kier alpha value is -11.5. The first-order valence-electron chi connectivity index (χ1n) is 47.2. The molecule has 13 nitrogen and oxygen atoms in total. The van der Waals surface area contributed by atoms with Crippen molar-refractivity contribution in [3.8, 4) is 79.6 Å². The first kappa shape index (κ1) is 92.9. The predicted molar refractivity (Wildman–Crippen MR) is 540 cm³/mol. The van der Waals surface area contributed by atoms with E-state index in [0.29, 0.717) is 116 Å². The van der Waals surface area contributed by atoms with E-state index in [1.807, 2.05) is 72.8 Å². The zero-order valence-electron chi connectivity index (χ0n) is 77.5. The van der Waals surface area contributed by atoms with E-state index in [2.05, 4.69) is 224 Å². The van der Waals surface area contributed by atoms with Gasteiger partial charge < -0.3 is 61.6 Å². The summed E-state index contributed by atoms with van der Waals surface area (Å²) in [6.45, 7) is 23.9. The van der Waals surface area contributed by atoms with Crippen molar-refractivity contribution < 1.29 is 65.5 Å². The number of phenols is 2. The van der Waals surface area contributed by atoms with Crippen LogP contribution in [0.4, 0.5) is 17.6 Å². The van der Waals surface area contributed by atoms with E-state index in [4.69, 9.17) is 37.7 Å². The van der Waals surface area contributed by atoms with Crippen LogP contribution >= 0.6 is 31.9 Å². The lowest BCUT2D eigenvalue weighted by atomic mass is 9.76. The van der Waals surface area contributed by atoms with Crippen LogP contribution in [-0.4, -0.2) is 81.6 Å². The number of aromatic hydroxyl groups is 2. The molecule has 5 heterocycles. The number of aromatic nitrogens is 3. The van der Waals surface area contributed by atoms with E-state index in [1.54, 1.807) is 24.3 Å². The number of phenolic OH excluding ortho intramolecular Hbond substituents is 2. The Kier molecular flexibility index (Phi) is 27.6. The summed E-state index contributed by atoms with van der Waals surface area (Å²) in [6.07, 6.45) is 11.1. The first-order chi connectivity index (χ1) is 64.7. The third kappa shape index (κ3) is 19.2. The minimum absolute atomic E-state index is 0.0394. The fraction of sp³-hybridized carbons (Fsp3) is 0.316. The van der Waals surface area contributed by atoms with Gasteiger partial charge in [-0.1, -0.05) is 182 Å². The number of fused-ring (bicyclic) bond motifs is 9. The maximum Gasteiger partial charge on any atom is 0.498 e. The first-order valence-corrected chi connectivity index (χ1v) is 48.8. The van der Waals surface area contributed by atoms with E-state index in [-0.39, 0.29) is 53.1 Å². The molecule has 2 N–H and O–H groups in total. The number of halogens is 6. The molecule has 690 valence electrons. The second-order valence-electron chi connectivity index (χ2n) is 38.2. The highest BCUT2D eigenvalue weighted by Gasteiger charge is 2.53. The van der Waals surface area contributed by atoms with E-state index in [9.17, 15) is 19.0 Å². The zero-order valence-corrected chi connectivity index (χ0v) is 80.7. The summed E-state index contributed by atoms with van der Waals surface area (Å²) in [7, 11) is -0.552. The normalized spacial score (nSPS) is 17.8. The number of benzene rings is 13. The van der Waals surface area contributed by atoms with Crippen molar-refractivity contribution in [1.82, 2.24) is 13.7 Å². The van der Waals surface area contributed by atoms with Crippen LogP contribution in [0.15, 0.2) is 264 Å². The number of nitrogens with zero attached hydrogens (tertiary/aromatic N) is 3. The average molecular weight is 1930 g/mol. The van der Waals surface area contributed by atoms with Gasteiger partial charge in [-0.15, -0.1) is 0 Å². The number of para-hydroxylation sites is 6. The molecule has 4 aliphatic rings. The monoisotopic (exact) mass is 1930 g/mol. The number of rotatable bonds is 23. The molecule has 0 radical (unpaired) electrons. The summed E-state index contributed by atoms with van der Waals surface area (Å²) in [6, 6.07) is 80.3. The van der Waals surface area contributed by atoms with Crippen molar-refractivity contribution in [2.24, 2.45) is 23.7 Å². The van der Waals surface area contributed by atoms with Crippen LogP contribution < -0.4 is 29.1 Å². The zero-order chi connectivity index (χ0) is 93.4. The van der Waals surface area contributed by atoms with Crippen molar-refractivity contribution in [3.05, 3.63) is 304 Å². The summed E-state index contributed by atoms with van der Waals surface area (Å²) >= 11 is 6.67. The molecule has 0 bridgehead atoms. The second-order valence-corrected chi connectivity index (χ2v) is 39.9. The third-order valence-electron chi connectivity index (χ3n) is 27.9. The predicted octanol–water partition coefficient (Wildman–Crippen LogP) is 30.3. The molecule has 3 aromatic heterocycles. The maximum absolute atomic E-state index is 15.4. The summed E-state index contributed by atoms with van der Waals surface area (Å²) in [5.74, 6) is 3.14. The van der Waals surface area contributed by atoms with Gasteiger partial charge in [0, 0.05) is 66.5 Å². The van der Waals surface area contributed by atoms with Crippen molar-refractivity contribution in [3.63, 3.8) is 0 Å². The van der Waals surface area contributed by atoms with Crippen molar-refractivity contribution in [2.45, 2.75) is 175 Å². The lowest BCUT2D eigenvalue weighted by Gasteiger charge is -2.32. The number of hydrogen-bond donors (Lipinski definition) is 2. The van der Waals surface area contributed by atoms with Crippen LogP contribution in [0.2, 0.25) is 0 Å². The van der Waals surface area contributed by atoms with Gasteiger partial charge in [-0.2, -0.15) is 0 Å². The molecule has 5 unspecified atom stereocenters. The molecule has 2 aliphatic heterocycles. The molecule has 2 saturated carbocycles. The van der Waals surface area contributed by atoms with Gasteiger partial charge in [0.2, 0.25) is 0 Å². The summed E-state index contributed by atoms with van der Waals surface area (Å²) in [5, 5.41) is 31.5. The van der Waals surface area contributed by atoms with Gasteiger partial charge in [-0.3, -0.25) is 0 Å². The smallest absolute Gasteiger partial charge is 0.498 e. The van der Waals surface area contributed by atoms with Gasteiger partial charge in [0.15, 0.2) is 6.29 Å². The molecular weight excluding hydrogens is 1820 g/mol. The molecule has 5 atom stereocenters. The molecule has 13 aromatic carbocycles. The Labute approximate surface area is 798 Å². The SMILES string of the molecule is CC(C)c1cc(-c2cc(F)ccc2OCC2CCCCC2COc2ccc(F)cc2-c2cc(C(C)C)cc(-n3c4ccccc4c4ccccc43)c2O)c(O)c(-n2c3ccccc3c3ccccc32)c1.CC(C)c1cc(B2OC(C)(C)C(C)(C)O2)c(OC2CCCCO2)c(-n2c3ccccc3c3ccccc32)c1.Fc1ccc(OCC2CCCCC2COc2ccc(F)cc2Br)c(Br)c1. The van der Waals surface area contributed by atoms with Crippen molar-refractivity contribution >= 4 is 110 Å². The fourth-order valence-corrected chi connectivity index (χ4v) is 20.6. The van der Waals surface area contributed by atoms with Gasteiger partial charge in [-0.25, -0.2) is 17.6 Å². The summed E-state index contributed by atoms with van der Waals surface area (Å²) in [5.41, 5.74) is 13.5. The minimum Gasteiger partial charge on any atom is -0.505 e. The van der Waals surface area contributed by atoms with Crippen LogP contribution in [0.25, 0.3) is 105 Å². The Morgan fingerprint density at radius 2 is 0.657 bits per heavy atom. The largest absolute Gasteiger partial charge is 0.505 e. The summed E-state index contributed by atoms with van der Waals surface area (Å²) < 4.78 is 116. The van der Waals surface area contributed by atoms with Crippen LogP contribution in [0.5, 0.6) is 40.2 Å². The minimum atomic E-state index is -0.552. The highest BCUT2D eigenvalue weighted by molar-refractivity contribution is 9.11. The Morgan fingerprint density at radius 3 is 0.985 bits per heavy atom. The van der Waals surface area contributed by atoms with E-state index < -0.39 is 30.0 Å². The van der Waals surface area contributed by atoms with E-state index in [1.165, 1.54) is 77.7 Å². The van der Waals surface area contributed by atoms with E-state index in [0.717, 1.165) is 140 Å². The molecular formula is C114H114BBr2F4N3O10. The van der Waals surface area contributed by atoms with Gasteiger partial charge >= 0.3 is 7.12 Å². The summed E-state index contributed by atoms with van der Waals surface area (Å²) in [4.78, 5) is 0. The quantitative estimate of drug-likeness (QED) is 0.0472. The molecule has 20 heteroatoms. The molecule has 2 saturated heterocycles. The van der Waals surface area contributed by atoms with Gasteiger partial charge in [-0.05, 0) is 296 Å². The second kappa shape index (κ2) is 39.8. The van der Waals surface area contributed by atoms with Crippen LogP contribution in [0.1, 0.15) is 174 Å². The highest BCUT2D eigenvalue weighted by atomic mass is 79.9. The van der Waals surface area contributed by atoms with Gasteiger partial charge in [0.1, 0.15) is 63.5 Å². The average Bonchev–Trinajstić information content (AvgIpc) is 1.58. The molecule has 0 amide bonds. The van der Waals surface area contributed by atoms with Gasteiger partial charge in [0.25, 0.3) is 0 Å². The van der Waals surface area contributed by atoms with Crippen molar-refractivity contribution in [1.29, 1.82) is 0 Å². The maximum atomic E-state index is 15.4. The highest BCUT2D eigenvalue weighted by Crippen LogP contribution is 2.50. The number of hydrogen-bond acceptors (Lipinski definition) is 10. The van der Waals surface area contributed by atoms with Crippen molar-refractivity contribution in [2.75, 3.05) is 33.0 Å². The fourth-order valence-electron chi connectivity index (χ4n) is 19.7. The lowest BCUT2D eigenvalue weighted by Crippen LogP contribution is -2.41. The molecule has 2 aliphatic carbocycles. The van der Waals surface area contributed by atoms with E-state index >= 15 is 8.78 Å². The Bertz CT molecular complexity index is 6520. The Morgan fingerprint density at radius 1 is 0.358 bits per heavy atom. The molecule has 134 heavy (non-hydrogen) atoms. The molecule has 4 fully saturated rings. The molecule has 20 rings (SSSR count). The lowest BCUT2D eigenvalue weighted by molar-refractivity contribution is -0.105. The van der Waals surface area contributed by atoms with Gasteiger partial charge in [0.05, 0.1) is 103 Å². The van der Waals surface area contributed by atoms with Crippen LogP contribution in [-0.2, 0) is 14.0 Å². The van der Waals surface area contributed by atoms with Crippen LogP contribution in [0.3, 0.4) is 0 Å². The third-order valence-corrected chi connectivity index (χ3v) is 29.1. The standard InChI is InChI=1S/C62H56F2N2O4.C32H38BNO4.C20H20Br2F2O2/c1-37(2)41-29-51(61(67)57(31-41)65-53-21-11-7-17-45(53)46-18-8-12-22-54(46)65)49-33-43(63)25-27-59(49)69-35-39-15-5-6-16-40(39)36-70-60-28-26-44(64)34-50(60)52-30-42(38(3)4)32-58(62(52)68)66-55-23-13-9-19-47(55)48-20-10-14-24-56(48)66;1-21(2)22-19-25(33-37-31(3,4)32(5,6)38-33)30(36-29-17-11-12-18-35-29)28(20-22)34-26-15-9-7-13-23(26)24-14-8-10-16-27(24)34;21-17-9-15(23)5-7-19(17)25-11-13-3-1-2-4-14(13)12-26-20-8-6-16(24)10-18(20)22/h7-14,17-34,37-40,67-68H,5-6,15-16,35-36H2,1-4H3;7-10,13-16,19-21,29H,11-12,17-18H2,1-6H3;5-10,13-14H,1-4,11-12H2.